The quantitative estimate of drug-likeness (QED) is 0.788. The molecule has 0 fully saturated rings. The van der Waals surface area contributed by atoms with Gasteiger partial charge in [0.1, 0.15) is 0 Å². The van der Waals surface area contributed by atoms with Gasteiger partial charge in [-0.25, -0.2) is 0 Å². The number of rotatable bonds is 8. The first kappa shape index (κ1) is 17.0. The maximum Gasteiger partial charge on any atom is 0.416 e. The van der Waals surface area contributed by atoms with E-state index in [1.807, 2.05) is 6.92 Å². The van der Waals surface area contributed by atoms with Crippen LogP contribution in [0.15, 0.2) is 24.3 Å². The first-order valence-electron chi connectivity index (χ1n) is 6.94. The van der Waals surface area contributed by atoms with Gasteiger partial charge in [0, 0.05) is 12.6 Å². The molecule has 5 heteroatoms. The van der Waals surface area contributed by atoms with Crippen LogP contribution in [0.4, 0.5) is 13.2 Å². The van der Waals surface area contributed by atoms with Crippen LogP contribution in [0.1, 0.15) is 31.4 Å². The van der Waals surface area contributed by atoms with Crippen molar-refractivity contribution < 1.29 is 17.9 Å². The number of hydrogen-bond donors (Lipinski definition) is 1. The number of hydrogen-bond acceptors (Lipinski definition) is 2. The van der Waals surface area contributed by atoms with Crippen LogP contribution < -0.4 is 5.32 Å². The smallest absolute Gasteiger partial charge is 0.380 e. The van der Waals surface area contributed by atoms with Crippen molar-refractivity contribution in [2.24, 2.45) is 0 Å². The Bertz CT molecular complexity index is 385. The molecule has 0 saturated carbocycles. The predicted octanol–water partition coefficient (Wildman–Crippen LogP) is 3.65. The highest BCUT2D eigenvalue weighted by Crippen LogP contribution is 2.29. The van der Waals surface area contributed by atoms with E-state index in [9.17, 15) is 13.2 Å². The highest BCUT2D eigenvalue weighted by Gasteiger charge is 2.30. The maximum absolute atomic E-state index is 12.7. The molecule has 0 aromatic heterocycles. The molecule has 1 aromatic carbocycles. The average molecular weight is 289 g/mol. The Balaban J connectivity index is 2.71. The minimum atomic E-state index is -4.29. The van der Waals surface area contributed by atoms with E-state index in [1.54, 1.807) is 6.07 Å². The van der Waals surface area contributed by atoms with Crippen LogP contribution in [-0.4, -0.2) is 25.8 Å². The fourth-order valence-corrected chi connectivity index (χ4v) is 1.96. The summed E-state index contributed by atoms with van der Waals surface area (Å²) in [4.78, 5) is 0. The van der Waals surface area contributed by atoms with Gasteiger partial charge in [-0.15, -0.1) is 0 Å². The van der Waals surface area contributed by atoms with Crippen molar-refractivity contribution >= 4 is 0 Å². The molecular formula is C15H22F3NO. The third kappa shape index (κ3) is 5.92. The van der Waals surface area contributed by atoms with Gasteiger partial charge in [-0.2, -0.15) is 13.2 Å². The topological polar surface area (TPSA) is 21.3 Å². The lowest BCUT2D eigenvalue weighted by Gasteiger charge is -2.19. The number of nitrogens with one attached hydrogen (secondary N) is 1. The molecule has 1 unspecified atom stereocenters. The van der Waals surface area contributed by atoms with E-state index < -0.39 is 11.7 Å². The summed E-state index contributed by atoms with van der Waals surface area (Å²) in [5, 5.41) is 3.30. The molecule has 114 valence electrons. The lowest BCUT2D eigenvalue weighted by Crippen LogP contribution is -2.36. The van der Waals surface area contributed by atoms with E-state index in [0.29, 0.717) is 25.2 Å². The molecule has 0 radical (unpaired) electrons. The summed E-state index contributed by atoms with van der Waals surface area (Å²) in [7, 11) is 0. The molecule has 0 amide bonds. The van der Waals surface area contributed by atoms with Crippen LogP contribution in [0.5, 0.6) is 0 Å². The Labute approximate surface area is 118 Å². The second-order valence-electron chi connectivity index (χ2n) is 4.71. The van der Waals surface area contributed by atoms with Gasteiger partial charge in [0.2, 0.25) is 0 Å². The van der Waals surface area contributed by atoms with Crippen molar-refractivity contribution in [1.29, 1.82) is 0 Å². The normalized spacial score (nSPS) is 13.4. The molecule has 20 heavy (non-hydrogen) atoms. The van der Waals surface area contributed by atoms with E-state index in [2.05, 4.69) is 12.2 Å². The van der Waals surface area contributed by atoms with Crippen LogP contribution in [-0.2, 0) is 17.3 Å². The molecule has 0 heterocycles. The molecule has 1 atom stereocenters. The third-order valence-electron chi connectivity index (χ3n) is 2.94. The second-order valence-corrected chi connectivity index (χ2v) is 4.71. The molecule has 1 N–H and O–H groups in total. The zero-order valence-electron chi connectivity index (χ0n) is 12.0. The molecule has 0 aliphatic rings. The number of halogens is 3. The van der Waals surface area contributed by atoms with Gasteiger partial charge in [-0.3, -0.25) is 0 Å². The van der Waals surface area contributed by atoms with Gasteiger partial charge in [0.25, 0.3) is 0 Å². The predicted molar refractivity (Wildman–Crippen MR) is 73.7 cm³/mol. The Kier molecular flexibility index (Phi) is 7.02. The molecule has 0 saturated heterocycles. The first-order chi connectivity index (χ1) is 9.47. The largest absolute Gasteiger partial charge is 0.416 e. The van der Waals surface area contributed by atoms with Crippen molar-refractivity contribution in [3.8, 4) is 0 Å². The summed E-state index contributed by atoms with van der Waals surface area (Å²) in [5.41, 5.74) is 0.0776. The minimum absolute atomic E-state index is 0.0402. The number of ether oxygens (including phenoxy) is 1. The van der Waals surface area contributed by atoms with Crippen LogP contribution in [0.2, 0.25) is 0 Å². The Morgan fingerprint density at radius 3 is 2.60 bits per heavy atom. The highest BCUT2D eigenvalue weighted by atomic mass is 19.4. The van der Waals surface area contributed by atoms with Crippen LogP contribution in [0.3, 0.4) is 0 Å². The van der Waals surface area contributed by atoms with Gasteiger partial charge in [0.15, 0.2) is 0 Å². The fourth-order valence-electron chi connectivity index (χ4n) is 1.96. The molecule has 1 aromatic rings. The van der Waals surface area contributed by atoms with Gasteiger partial charge in [-0.05, 0) is 37.9 Å². The van der Waals surface area contributed by atoms with E-state index in [0.717, 1.165) is 19.0 Å². The lowest BCUT2D eigenvalue weighted by molar-refractivity contribution is -0.137. The summed E-state index contributed by atoms with van der Waals surface area (Å²) in [6, 6.07) is 5.53. The molecule has 0 bridgehead atoms. The summed E-state index contributed by atoms with van der Waals surface area (Å²) in [6.07, 6.45) is -2.78. The average Bonchev–Trinajstić information content (AvgIpc) is 2.41. The molecule has 0 aliphatic carbocycles. The molecule has 2 nitrogen and oxygen atoms in total. The fraction of sp³-hybridized carbons (Fsp3) is 0.600. The second kappa shape index (κ2) is 8.27. The SMILES string of the molecule is CCCNC(COCC)Cc1cccc(C(F)(F)F)c1. The minimum Gasteiger partial charge on any atom is -0.380 e. The Morgan fingerprint density at radius 1 is 1.25 bits per heavy atom. The van der Waals surface area contributed by atoms with E-state index in [-0.39, 0.29) is 6.04 Å². The first-order valence-corrected chi connectivity index (χ1v) is 6.94. The summed E-state index contributed by atoms with van der Waals surface area (Å²) >= 11 is 0. The van der Waals surface area contributed by atoms with E-state index >= 15 is 0 Å². The van der Waals surface area contributed by atoms with Gasteiger partial charge in [-0.1, -0.05) is 25.1 Å². The third-order valence-corrected chi connectivity index (χ3v) is 2.94. The van der Waals surface area contributed by atoms with Gasteiger partial charge >= 0.3 is 6.18 Å². The number of alkyl halides is 3. The highest BCUT2D eigenvalue weighted by molar-refractivity contribution is 5.26. The molecule has 0 spiro atoms. The monoisotopic (exact) mass is 289 g/mol. The van der Waals surface area contributed by atoms with Crippen molar-refractivity contribution in [3.05, 3.63) is 35.4 Å². The zero-order valence-corrected chi connectivity index (χ0v) is 12.0. The summed E-state index contributed by atoms with van der Waals surface area (Å²) in [6.45, 7) is 5.90. The van der Waals surface area contributed by atoms with Gasteiger partial charge in [0.05, 0.1) is 12.2 Å². The lowest BCUT2D eigenvalue weighted by atomic mass is 10.0. The summed E-state index contributed by atoms with van der Waals surface area (Å²) in [5.74, 6) is 0. The Morgan fingerprint density at radius 2 is 2.00 bits per heavy atom. The molecule has 0 aliphatic heterocycles. The van der Waals surface area contributed by atoms with Crippen molar-refractivity contribution in [2.75, 3.05) is 19.8 Å². The standard InChI is InChI=1S/C15H22F3NO/c1-3-8-19-14(11-20-4-2)10-12-6-5-7-13(9-12)15(16,17)18/h5-7,9,14,19H,3-4,8,10-11H2,1-2H3. The van der Waals surface area contributed by atoms with Crippen LogP contribution in [0, 0.1) is 0 Å². The number of benzene rings is 1. The molecular weight excluding hydrogens is 267 g/mol. The van der Waals surface area contributed by atoms with Crippen molar-refractivity contribution in [1.82, 2.24) is 5.32 Å². The zero-order chi connectivity index (χ0) is 15.0. The van der Waals surface area contributed by atoms with Crippen LogP contribution in [0.25, 0.3) is 0 Å². The van der Waals surface area contributed by atoms with Crippen LogP contribution >= 0.6 is 0 Å². The summed E-state index contributed by atoms with van der Waals surface area (Å²) < 4.78 is 43.4. The Hall–Kier alpha value is -1.07. The molecule has 1 rings (SSSR count). The van der Waals surface area contributed by atoms with E-state index in [4.69, 9.17) is 4.74 Å². The van der Waals surface area contributed by atoms with Gasteiger partial charge < -0.3 is 10.1 Å². The maximum atomic E-state index is 12.7. The van der Waals surface area contributed by atoms with Crippen molar-refractivity contribution in [3.63, 3.8) is 0 Å². The van der Waals surface area contributed by atoms with E-state index in [1.165, 1.54) is 12.1 Å². The van der Waals surface area contributed by atoms with Crippen molar-refractivity contribution in [2.45, 2.75) is 38.9 Å².